The number of hydrogen-bond donors (Lipinski definition) is 0. The highest BCUT2D eigenvalue weighted by molar-refractivity contribution is 5.18. The summed E-state index contributed by atoms with van der Waals surface area (Å²) in [6, 6.07) is 2.07. The Bertz CT molecular complexity index is 214. The van der Waals surface area contributed by atoms with Crippen molar-refractivity contribution < 1.29 is 0 Å². The van der Waals surface area contributed by atoms with Crippen molar-refractivity contribution in [1.82, 2.24) is 0 Å². The molecule has 0 aromatic heterocycles. The normalized spacial score (nSPS) is 12.6. The van der Waals surface area contributed by atoms with Crippen LogP contribution in [0.1, 0.15) is 20.3 Å². The molecule has 0 atom stereocenters. The van der Waals surface area contributed by atoms with Crippen molar-refractivity contribution >= 4 is 0 Å². The largest absolute Gasteiger partial charge is 0.193 e. The van der Waals surface area contributed by atoms with Gasteiger partial charge in [-0.05, 0) is 20.3 Å². The van der Waals surface area contributed by atoms with Crippen LogP contribution in [0.4, 0.5) is 0 Å². The van der Waals surface area contributed by atoms with Gasteiger partial charge in [-0.15, -0.1) is 0 Å². The molecule has 1 heteroatoms. The molecule has 0 aliphatic heterocycles. The molecule has 0 aliphatic carbocycles. The van der Waals surface area contributed by atoms with Crippen molar-refractivity contribution in [2.75, 3.05) is 0 Å². The third kappa shape index (κ3) is 6.60. The highest BCUT2D eigenvalue weighted by Crippen LogP contribution is 1.93. The van der Waals surface area contributed by atoms with Gasteiger partial charge in [0.25, 0.3) is 0 Å². The summed E-state index contributed by atoms with van der Waals surface area (Å²) in [7, 11) is 0. The second kappa shape index (κ2) is 6.82. The summed E-state index contributed by atoms with van der Waals surface area (Å²) in [6.45, 7) is 3.78. The van der Waals surface area contributed by atoms with Gasteiger partial charge in [-0.2, -0.15) is 5.26 Å². The maximum absolute atomic E-state index is 8.38. The van der Waals surface area contributed by atoms with Crippen LogP contribution in [0.15, 0.2) is 36.0 Å². The summed E-state index contributed by atoms with van der Waals surface area (Å²) < 4.78 is 0. The van der Waals surface area contributed by atoms with Gasteiger partial charge < -0.3 is 0 Å². The Hall–Kier alpha value is -1.29. The third-order valence-electron chi connectivity index (χ3n) is 1.18. The van der Waals surface area contributed by atoms with Gasteiger partial charge in [0.15, 0.2) is 0 Å². The van der Waals surface area contributed by atoms with Crippen LogP contribution in [0.25, 0.3) is 0 Å². The number of nitriles is 1. The fraction of sp³-hybridized carbons (Fsp3) is 0.300. The molecule has 0 N–H and O–H groups in total. The zero-order valence-electron chi connectivity index (χ0n) is 7.04. The molecule has 0 aromatic rings. The lowest BCUT2D eigenvalue weighted by Crippen LogP contribution is -1.66. The van der Waals surface area contributed by atoms with E-state index < -0.39 is 0 Å². The summed E-state index contributed by atoms with van der Waals surface area (Å²) in [5.74, 6) is 0. The van der Waals surface area contributed by atoms with Gasteiger partial charge in [0.05, 0.1) is 6.07 Å². The smallest absolute Gasteiger partial charge is 0.0940 e. The Morgan fingerprint density at radius 1 is 1.45 bits per heavy atom. The van der Waals surface area contributed by atoms with Crippen molar-refractivity contribution in [2.45, 2.75) is 20.3 Å². The summed E-state index contributed by atoms with van der Waals surface area (Å²) in [5.41, 5.74) is 0.773. The van der Waals surface area contributed by atoms with Crippen LogP contribution in [-0.4, -0.2) is 0 Å². The first kappa shape index (κ1) is 9.71. The van der Waals surface area contributed by atoms with Gasteiger partial charge in [-0.1, -0.05) is 30.4 Å². The fourth-order valence-corrected chi connectivity index (χ4v) is 0.559. The minimum absolute atomic E-state index is 0.773. The summed E-state index contributed by atoms with van der Waals surface area (Å²) in [4.78, 5) is 0. The van der Waals surface area contributed by atoms with E-state index in [9.17, 15) is 0 Å². The lowest BCUT2D eigenvalue weighted by atomic mass is 10.2. The minimum Gasteiger partial charge on any atom is -0.193 e. The minimum atomic E-state index is 0.773. The van der Waals surface area contributed by atoms with E-state index in [4.69, 9.17) is 5.26 Å². The van der Waals surface area contributed by atoms with E-state index in [1.165, 1.54) is 0 Å². The van der Waals surface area contributed by atoms with E-state index in [1.54, 1.807) is 0 Å². The van der Waals surface area contributed by atoms with Gasteiger partial charge in [-0.25, -0.2) is 0 Å². The highest BCUT2D eigenvalue weighted by atomic mass is 14.2. The van der Waals surface area contributed by atoms with E-state index in [-0.39, 0.29) is 0 Å². The molecular weight excluding hydrogens is 134 g/mol. The van der Waals surface area contributed by atoms with Crippen molar-refractivity contribution in [3.63, 3.8) is 0 Å². The molecule has 1 nitrogen and oxygen atoms in total. The molecular formula is C10H13N. The number of nitrogens with zero attached hydrogens (tertiary/aromatic N) is 1. The van der Waals surface area contributed by atoms with E-state index in [1.807, 2.05) is 44.2 Å². The van der Waals surface area contributed by atoms with Crippen LogP contribution < -0.4 is 0 Å². The lowest BCUT2D eigenvalue weighted by Gasteiger charge is -1.81. The van der Waals surface area contributed by atoms with Gasteiger partial charge in [0, 0.05) is 5.57 Å². The van der Waals surface area contributed by atoms with Gasteiger partial charge in [0.2, 0.25) is 0 Å². The van der Waals surface area contributed by atoms with Crippen molar-refractivity contribution in [1.29, 1.82) is 5.26 Å². The van der Waals surface area contributed by atoms with Crippen LogP contribution >= 0.6 is 0 Å². The summed E-state index contributed by atoms with van der Waals surface area (Å²) in [5, 5.41) is 8.38. The molecule has 11 heavy (non-hydrogen) atoms. The van der Waals surface area contributed by atoms with Crippen LogP contribution in [0, 0.1) is 11.3 Å². The second-order valence-electron chi connectivity index (χ2n) is 2.19. The quantitative estimate of drug-likeness (QED) is 0.444. The SMILES string of the molecule is C/C=C/C=CC/C=C(\C)C#N. The molecule has 0 unspecified atom stereocenters. The van der Waals surface area contributed by atoms with Crippen LogP contribution in [0.3, 0.4) is 0 Å². The molecule has 0 aliphatic rings. The van der Waals surface area contributed by atoms with Crippen LogP contribution in [0.2, 0.25) is 0 Å². The highest BCUT2D eigenvalue weighted by Gasteiger charge is 1.78. The van der Waals surface area contributed by atoms with Gasteiger partial charge in [-0.3, -0.25) is 0 Å². The van der Waals surface area contributed by atoms with Crippen LogP contribution in [-0.2, 0) is 0 Å². The van der Waals surface area contributed by atoms with Crippen molar-refractivity contribution in [3.8, 4) is 6.07 Å². The van der Waals surface area contributed by atoms with E-state index in [2.05, 4.69) is 6.07 Å². The number of allylic oxidation sites excluding steroid dienone is 6. The molecule has 0 amide bonds. The van der Waals surface area contributed by atoms with Crippen molar-refractivity contribution in [2.24, 2.45) is 0 Å². The molecule has 0 bridgehead atoms. The zero-order valence-corrected chi connectivity index (χ0v) is 7.04. The predicted octanol–water partition coefficient (Wildman–Crippen LogP) is 2.98. The Labute approximate surface area is 68.3 Å². The topological polar surface area (TPSA) is 23.8 Å². The number of hydrogen-bond acceptors (Lipinski definition) is 1. The lowest BCUT2D eigenvalue weighted by molar-refractivity contribution is 1.32. The molecule has 0 saturated heterocycles. The monoisotopic (exact) mass is 147 g/mol. The van der Waals surface area contributed by atoms with Crippen molar-refractivity contribution in [3.05, 3.63) is 36.0 Å². The first-order chi connectivity index (χ1) is 5.31. The first-order valence-electron chi connectivity index (χ1n) is 3.66. The molecule has 0 radical (unpaired) electrons. The molecule has 0 fully saturated rings. The Balaban J connectivity index is 3.66. The average molecular weight is 147 g/mol. The average Bonchev–Trinajstić information content (AvgIpc) is 2.04. The first-order valence-corrected chi connectivity index (χ1v) is 3.66. The second-order valence-corrected chi connectivity index (χ2v) is 2.19. The third-order valence-corrected chi connectivity index (χ3v) is 1.18. The Morgan fingerprint density at radius 3 is 2.73 bits per heavy atom. The zero-order chi connectivity index (χ0) is 8.53. The van der Waals surface area contributed by atoms with Gasteiger partial charge in [0.1, 0.15) is 0 Å². The fourth-order valence-electron chi connectivity index (χ4n) is 0.559. The molecule has 58 valence electrons. The maximum atomic E-state index is 8.38. The predicted molar refractivity (Wildman–Crippen MR) is 47.9 cm³/mol. The maximum Gasteiger partial charge on any atom is 0.0940 e. The van der Waals surface area contributed by atoms with Crippen LogP contribution in [0.5, 0.6) is 0 Å². The molecule has 0 spiro atoms. The molecule has 0 saturated carbocycles. The Kier molecular flexibility index (Phi) is 6.02. The van der Waals surface area contributed by atoms with E-state index >= 15 is 0 Å². The molecule has 0 heterocycles. The standard InChI is InChI=1S/C10H13N/c1-3-4-5-6-7-8-10(2)9-11/h3-6,8H,7H2,1-2H3/b4-3+,6-5?,10-8+. The van der Waals surface area contributed by atoms with E-state index in [0.717, 1.165) is 12.0 Å². The summed E-state index contributed by atoms with van der Waals surface area (Å²) >= 11 is 0. The van der Waals surface area contributed by atoms with E-state index in [0.29, 0.717) is 0 Å². The summed E-state index contributed by atoms with van der Waals surface area (Å²) in [6.07, 6.45) is 10.7. The number of rotatable bonds is 3. The van der Waals surface area contributed by atoms with Gasteiger partial charge >= 0.3 is 0 Å². The molecule has 0 aromatic carbocycles. The Morgan fingerprint density at radius 2 is 2.18 bits per heavy atom. The molecule has 0 rings (SSSR count).